The molecule has 7 nitrogen and oxygen atoms in total. The van der Waals surface area contributed by atoms with E-state index in [0.29, 0.717) is 0 Å². The number of hydrogen-bond donors (Lipinski definition) is 4. The Hall–Kier alpha value is 0.643. The van der Waals surface area contributed by atoms with Crippen LogP contribution in [0.5, 0.6) is 0 Å². The van der Waals surface area contributed by atoms with Crippen LogP contribution in [0.1, 0.15) is 12.8 Å². The smallest absolute Gasteiger partial charge is 0.336 e. The number of rotatable bonds is 5. The summed E-state index contributed by atoms with van der Waals surface area (Å²) < 4.78 is 0. The summed E-state index contributed by atoms with van der Waals surface area (Å²) >= 11 is 0. The van der Waals surface area contributed by atoms with Crippen molar-refractivity contribution in [1.82, 2.24) is 0 Å². The Kier molecular flexibility index (Phi) is 12.2. The third kappa shape index (κ3) is 8.45. The Morgan fingerprint density at radius 2 is 1.20 bits per heavy atom. The van der Waals surface area contributed by atoms with Crippen molar-refractivity contribution in [3.8, 4) is 0 Å². The summed E-state index contributed by atoms with van der Waals surface area (Å²) in [5, 5.41) is 33.8. The van der Waals surface area contributed by atoms with E-state index >= 15 is 0 Å². The molecule has 0 unspecified atom stereocenters. The maximum Gasteiger partial charge on any atom is 0.336 e. The van der Waals surface area contributed by atoms with E-state index in [1.165, 1.54) is 0 Å². The largest absolute Gasteiger partial charge is 0.481 e. The van der Waals surface area contributed by atoms with Gasteiger partial charge in [0.2, 0.25) is 0 Å². The fraction of sp³-hybridized carbons (Fsp3) is 0.500. The van der Waals surface area contributed by atoms with Crippen molar-refractivity contribution in [2.24, 2.45) is 0 Å². The zero-order valence-electron chi connectivity index (χ0n) is 7.78. The van der Waals surface area contributed by atoms with E-state index in [9.17, 15) is 14.4 Å². The molecule has 0 bridgehead atoms. The average molecular weight is 421 g/mol. The molecular formula is C6H8KO7Os. The van der Waals surface area contributed by atoms with E-state index in [1.807, 2.05) is 0 Å². The summed E-state index contributed by atoms with van der Waals surface area (Å²) in [6.45, 7) is 0. The molecule has 0 aromatic heterocycles. The number of aliphatic carboxylic acids is 3. The third-order valence-corrected chi connectivity index (χ3v) is 1.29. The van der Waals surface area contributed by atoms with Crippen LogP contribution < -0.4 is 0 Å². The summed E-state index contributed by atoms with van der Waals surface area (Å²) in [7, 11) is 0. The van der Waals surface area contributed by atoms with Crippen LogP contribution >= 0.6 is 0 Å². The number of carbonyl (C=O) groups is 3. The molecule has 9 heteroatoms. The molecule has 1 radical (unpaired) electrons. The summed E-state index contributed by atoms with van der Waals surface area (Å²) in [6.07, 6.45) is -2.29. The second-order valence-electron chi connectivity index (χ2n) is 2.48. The predicted octanol–water partition coefficient (Wildman–Crippen LogP) is -1.63. The van der Waals surface area contributed by atoms with Crippen molar-refractivity contribution in [2.75, 3.05) is 0 Å². The van der Waals surface area contributed by atoms with Gasteiger partial charge in [0, 0.05) is 71.2 Å². The van der Waals surface area contributed by atoms with Crippen molar-refractivity contribution < 1.29 is 54.6 Å². The molecule has 0 rings (SSSR count). The van der Waals surface area contributed by atoms with Crippen molar-refractivity contribution in [3.63, 3.8) is 0 Å². The van der Waals surface area contributed by atoms with E-state index in [2.05, 4.69) is 0 Å². The first-order valence-electron chi connectivity index (χ1n) is 3.17. The van der Waals surface area contributed by atoms with Gasteiger partial charge in [-0.05, 0) is 0 Å². The Morgan fingerprint density at radius 1 is 0.933 bits per heavy atom. The van der Waals surface area contributed by atoms with Crippen molar-refractivity contribution >= 4 is 69.3 Å². The van der Waals surface area contributed by atoms with E-state index < -0.39 is 36.4 Å². The van der Waals surface area contributed by atoms with Crippen LogP contribution in [0.3, 0.4) is 0 Å². The van der Waals surface area contributed by atoms with Crippen LogP contribution in [0.4, 0.5) is 0 Å². The van der Waals surface area contributed by atoms with Crippen LogP contribution in [0.25, 0.3) is 0 Å². The van der Waals surface area contributed by atoms with Gasteiger partial charge in [-0.3, -0.25) is 9.59 Å². The minimum Gasteiger partial charge on any atom is -0.481 e. The quantitative estimate of drug-likeness (QED) is 0.392. The fourth-order valence-electron chi connectivity index (χ4n) is 0.714. The molecule has 0 spiro atoms. The predicted molar refractivity (Wildman–Crippen MR) is 42.8 cm³/mol. The van der Waals surface area contributed by atoms with Gasteiger partial charge < -0.3 is 20.4 Å². The zero-order chi connectivity index (χ0) is 10.6. The minimum absolute atomic E-state index is 0. The van der Waals surface area contributed by atoms with Gasteiger partial charge in [0.05, 0.1) is 12.8 Å². The first-order valence-corrected chi connectivity index (χ1v) is 3.17. The maximum absolute atomic E-state index is 10.3. The molecule has 0 aliphatic carbocycles. The third-order valence-electron chi connectivity index (χ3n) is 1.29. The number of aliphatic hydroxyl groups is 1. The number of carboxylic acids is 3. The SMILES string of the molecule is O=C(O)CC(O)(CC(=O)O)C(=O)O.[K].[Os]. The monoisotopic (exact) mass is 423 g/mol. The molecule has 0 aliphatic heterocycles. The maximum atomic E-state index is 10.3. The minimum atomic E-state index is -2.74. The van der Waals surface area contributed by atoms with Crippen LogP contribution in [-0.4, -0.2) is 95.3 Å². The molecule has 0 amide bonds. The van der Waals surface area contributed by atoms with Crippen LogP contribution in [0.15, 0.2) is 0 Å². The average Bonchev–Trinajstić information content (AvgIpc) is 1.82. The van der Waals surface area contributed by atoms with Gasteiger partial charge in [-0.15, -0.1) is 0 Å². The molecule has 0 fully saturated rings. The molecule has 83 valence electrons. The van der Waals surface area contributed by atoms with Crippen molar-refractivity contribution in [2.45, 2.75) is 18.4 Å². The van der Waals surface area contributed by atoms with Gasteiger partial charge in [-0.1, -0.05) is 0 Å². The molecule has 0 aliphatic rings. The fourth-order valence-corrected chi connectivity index (χ4v) is 0.714. The molecule has 0 atom stereocenters. The first kappa shape index (κ1) is 21.0. The van der Waals surface area contributed by atoms with E-state index in [4.69, 9.17) is 20.4 Å². The summed E-state index contributed by atoms with van der Waals surface area (Å²) in [5.41, 5.74) is -2.74. The van der Waals surface area contributed by atoms with Gasteiger partial charge in [0.25, 0.3) is 0 Å². The van der Waals surface area contributed by atoms with Gasteiger partial charge in [-0.25, -0.2) is 4.79 Å². The molecular weight excluding hydrogens is 413 g/mol. The van der Waals surface area contributed by atoms with Gasteiger partial charge >= 0.3 is 17.9 Å². The van der Waals surface area contributed by atoms with E-state index in [-0.39, 0.29) is 71.2 Å². The first-order chi connectivity index (χ1) is 5.78. The van der Waals surface area contributed by atoms with Crippen LogP contribution in [-0.2, 0) is 34.2 Å². The molecule has 0 aromatic rings. The van der Waals surface area contributed by atoms with Gasteiger partial charge in [0.1, 0.15) is 0 Å². The second kappa shape index (κ2) is 8.76. The number of carboxylic acid groups (broad SMARTS) is 3. The van der Waals surface area contributed by atoms with Crippen LogP contribution in [0, 0.1) is 0 Å². The Bertz CT molecular complexity index is 238. The Morgan fingerprint density at radius 3 is 1.33 bits per heavy atom. The molecule has 0 saturated carbocycles. The number of hydrogen-bond acceptors (Lipinski definition) is 4. The Balaban J connectivity index is -0.000000720. The van der Waals surface area contributed by atoms with E-state index in [1.54, 1.807) is 0 Å². The Labute approximate surface area is 140 Å². The topological polar surface area (TPSA) is 132 Å². The van der Waals surface area contributed by atoms with Gasteiger partial charge in [-0.2, -0.15) is 0 Å². The molecule has 0 heterocycles. The zero-order valence-corrected chi connectivity index (χ0v) is 13.4. The molecule has 4 N–H and O–H groups in total. The summed E-state index contributed by atoms with van der Waals surface area (Å²) in [5.74, 6) is -5.02. The van der Waals surface area contributed by atoms with E-state index in [0.717, 1.165) is 0 Å². The second-order valence-corrected chi connectivity index (χ2v) is 2.48. The van der Waals surface area contributed by atoms with Crippen LogP contribution in [0.2, 0.25) is 0 Å². The normalized spacial score (nSPS) is 9.40. The standard InChI is InChI=1S/C6H8O7.K.Os/c7-3(8)1-6(13,5(11)12)2-4(9)10;;/h13H,1-2H2,(H,7,8)(H,9,10)(H,11,12);;. The van der Waals surface area contributed by atoms with Crippen molar-refractivity contribution in [1.29, 1.82) is 0 Å². The summed E-state index contributed by atoms with van der Waals surface area (Å²) in [4.78, 5) is 30.5. The van der Waals surface area contributed by atoms with Gasteiger partial charge in [0.15, 0.2) is 5.60 Å². The summed E-state index contributed by atoms with van der Waals surface area (Å²) in [6, 6.07) is 0. The molecule has 0 aromatic carbocycles. The molecule has 0 saturated heterocycles. The molecule has 15 heavy (non-hydrogen) atoms. The van der Waals surface area contributed by atoms with Crippen molar-refractivity contribution in [3.05, 3.63) is 0 Å².